The lowest BCUT2D eigenvalue weighted by Crippen LogP contribution is -2.35. The number of hydrogen-bond acceptors (Lipinski definition) is 8. The van der Waals surface area contributed by atoms with Gasteiger partial charge in [0.25, 0.3) is 0 Å². The zero-order chi connectivity index (χ0) is 25.2. The molecular formula is C27H29N7O3. The number of anilines is 1. The lowest BCUT2D eigenvalue weighted by atomic mass is 9.98. The SMILES string of the molecule is Nc1ncnc2c1ncn2[C@H]1CC[C@@H](CNCCNC(=O)OCC2c3ccccc3-c3ccccc32)O1. The fourth-order valence-corrected chi connectivity index (χ4v) is 5.29. The van der Waals surface area contributed by atoms with Gasteiger partial charge in [-0.1, -0.05) is 48.5 Å². The molecule has 10 heteroatoms. The third-order valence-electron chi connectivity index (χ3n) is 7.07. The molecule has 2 aromatic carbocycles. The van der Waals surface area contributed by atoms with Crippen molar-refractivity contribution in [2.24, 2.45) is 0 Å². The average Bonchev–Trinajstić information content (AvgIpc) is 3.64. The Hall–Kier alpha value is -4.02. The van der Waals surface area contributed by atoms with Crippen molar-refractivity contribution < 1.29 is 14.3 Å². The van der Waals surface area contributed by atoms with Crippen molar-refractivity contribution in [3.8, 4) is 11.1 Å². The Morgan fingerprint density at radius 1 is 1.03 bits per heavy atom. The number of nitrogens with one attached hydrogen (secondary N) is 2. The molecular weight excluding hydrogens is 470 g/mol. The van der Waals surface area contributed by atoms with E-state index in [0.29, 0.717) is 43.2 Å². The van der Waals surface area contributed by atoms with Crippen LogP contribution in [0.1, 0.15) is 36.1 Å². The first-order valence-corrected chi connectivity index (χ1v) is 12.6. The number of aromatic nitrogens is 4. The highest BCUT2D eigenvalue weighted by molar-refractivity contribution is 5.81. The summed E-state index contributed by atoms with van der Waals surface area (Å²) in [5, 5.41) is 6.19. The zero-order valence-corrected chi connectivity index (χ0v) is 20.3. The molecule has 4 aromatic rings. The minimum Gasteiger partial charge on any atom is -0.449 e. The minimum absolute atomic E-state index is 0.0549. The van der Waals surface area contributed by atoms with E-state index in [1.54, 1.807) is 6.33 Å². The Labute approximate surface area is 214 Å². The molecule has 3 heterocycles. The van der Waals surface area contributed by atoms with Crippen LogP contribution in [0.2, 0.25) is 0 Å². The maximum atomic E-state index is 12.3. The molecule has 0 bridgehead atoms. The van der Waals surface area contributed by atoms with Gasteiger partial charge in [-0.15, -0.1) is 0 Å². The molecule has 37 heavy (non-hydrogen) atoms. The van der Waals surface area contributed by atoms with Crippen LogP contribution in [0.15, 0.2) is 61.2 Å². The van der Waals surface area contributed by atoms with E-state index < -0.39 is 6.09 Å². The van der Waals surface area contributed by atoms with Crippen LogP contribution in [0.3, 0.4) is 0 Å². The van der Waals surface area contributed by atoms with Crippen molar-refractivity contribution in [2.45, 2.75) is 31.1 Å². The van der Waals surface area contributed by atoms with Crippen molar-refractivity contribution >= 4 is 23.1 Å². The molecule has 1 aliphatic carbocycles. The Kier molecular flexibility index (Phi) is 6.42. The van der Waals surface area contributed by atoms with Crippen molar-refractivity contribution in [1.29, 1.82) is 0 Å². The van der Waals surface area contributed by atoms with E-state index in [4.69, 9.17) is 15.2 Å². The van der Waals surface area contributed by atoms with Gasteiger partial charge in [0.1, 0.15) is 24.7 Å². The Bertz CT molecular complexity index is 1380. The monoisotopic (exact) mass is 499 g/mol. The number of fused-ring (bicyclic) bond motifs is 4. The second kappa shape index (κ2) is 10.2. The molecule has 1 amide bonds. The molecule has 2 aliphatic rings. The molecule has 1 aliphatic heterocycles. The molecule has 0 saturated carbocycles. The normalized spacial score (nSPS) is 18.6. The summed E-state index contributed by atoms with van der Waals surface area (Å²) in [5.41, 5.74) is 12.0. The van der Waals surface area contributed by atoms with Gasteiger partial charge in [-0.05, 0) is 35.1 Å². The third kappa shape index (κ3) is 4.61. The summed E-state index contributed by atoms with van der Waals surface area (Å²) < 4.78 is 13.7. The number of hydrogen-bond donors (Lipinski definition) is 3. The van der Waals surface area contributed by atoms with Gasteiger partial charge in [0.2, 0.25) is 0 Å². The number of nitrogens with zero attached hydrogens (tertiary/aromatic N) is 4. The van der Waals surface area contributed by atoms with Gasteiger partial charge in [-0.2, -0.15) is 0 Å². The van der Waals surface area contributed by atoms with Crippen molar-refractivity contribution in [3.05, 3.63) is 72.3 Å². The highest BCUT2D eigenvalue weighted by Gasteiger charge is 2.29. The number of ether oxygens (including phenoxy) is 2. The molecule has 2 atom stereocenters. The first-order chi connectivity index (χ1) is 18.2. The predicted molar refractivity (Wildman–Crippen MR) is 139 cm³/mol. The average molecular weight is 500 g/mol. The number of alkyl carbamates (subject to hydrolysis) is 1. The van der Waals surface area contributed by atoms with Crippen LogP contribution in [-0.2, 0) is 9.47 Å². The molecule has 1 fully saturated rings. The number of rotatable bonds is 8. The summed E-state index contributed by atoms with van der Waals surface area (Å²) in [7, 11) is 0. The minimum atomic E-state index is -0.408. The van der Waals surface area contributed by atoms with Gasteiger partial charge < -0.3 is 25.8 Å². The van der Waals surface area contributed by atoms with Gasteiger partial charge >= 0.3 is 6.09 Å². The van der Waals surface area contributed by atoms with Crippen LogP contribution < -0.4 is 16.4 Å². The van der Waals surface area contributed by atoms with E-state index in [2.05, 4.69) is 49.9 Å². The number of imidazole rings is 1. The predicted octanol–water partition coefficient (Wildman–Crippen LogP) is 3.21. The van der Waals surface area contributed by atoms with E-state index in [0.717, 1.165) is 12.8 Å². The van der Waals surface area contributed by atoms with E-state index >= 15 is 0 Å². The Morgan fingerprint density at radius 2 is 1.78 bits per heavy atom. The molecule has 2 aromatic heterocycles. The van der Waals surface area contributed by atoms with Gasteiger partial charge in [-0.3, -0.25) is 4.57 Å². The summed E-state index contributed by atoms with van der Waals surface area (Å²) in [4.78, 5) is 24.9. The maximum absolute atomic E-state index is 12.3. The Morgan fingerprint density at radius 3 is 2.57 bits per heavy atom. The quantitative estimate of drug-likeness (QED) is 0.315. The summed E-state index contributed by atoms with van der Waals surface area (Å²) in [5.74, 6) is 0.420. The van der Waals surface area contributed by atoms with Crippen LogP contribution in [0.25, 0.3) is 22.3 Å². The molecule has 6 rings (SSSR count). The van der Waals surface area contributed by atoms with E-state index in [1.807, 2.05) is 28.8 Å². The number of carbonyl (C=O) groups is 1. The van der Waals surface area contributed by atoms with E-state index in [-0.39, 0.29) is 18.2 Å². The number of nitrogens with two attached hydrogens (primary N) is 1. The van der Waals surface area contributed by atoms with Crippen LogP contribution in [0.4, 0.5) is 10.6 Å². The van der Waals surface area contributed by atoms with Gasteiger partial charge in [0.15, 0.2) is 11.5 Å². The molecule has 0 unspecified atom stereocenters. The van der Waals surface area contributed by atoms with E-state index in [9.17, 15) is 4.79 Å². The summed E-state index contributed by atoms with van der Waals surface area (Å²) >= 11 is 0. The third-order valence-corrected chi connectivity index (χ3v) is 7.07. The highest BCUT2D eigenvalue weighted by atomic mass is 16.5. The lowest BCUT2D eigenvalue weighted by Gasteiger charge is -2.16. The van der Waals surface area contributed by atoms with Crippen molar-refractivity contribution in [2.75, 3.05) is 32.0 Å². The fourth-order valence-electron chi connectivity index (χ4n) is 5.29. The highest BCUT2D eigenvalue weighted by Crippen LogP contribution is 2.44. The molecule has 190 valence electrons. The van der Waals surface area contributed by atoms with Crippen LogP contribution >= 0.6 is 0 Å². The molecule has 4 N–H and O–H groups in total. The van der Waals surface area contributed by atoms with Gasteiger partial charge in [0, 0.05) is 25.6 Å². The largest absolute Gasteiger partial charge is 0.449 e. The van der Waals surface area contributed by atoms with Crippen LogP contribution in [0.5, 0.6) is 0 Å². The Balaban J connectivity index is 0.927. The lowest BCUT2D eigenvalue weighted by molar-refractivity contribution is 0.00508. The van der Waals surface area contributed by atoms with Crippen LogP contribution in [0, 0.1) is 0 Å². The zero-order valence-electron chi connectivity index (χ0n) is 20.3. The summed E-state index contributed by atoms with van der Waals surface area (Å²) in [6.07, 6.45) is 4.44. The molecule has 0 radical (unpaired) electrons. The number of benzene rings is 2. The second-order valence-electron chi connectivity index (χ2n) is 9.33. The summed E-state index contributed by atoms with van der Waals surface area (Å²) in [6, 6.07) is 16.6. The number of amides is 1. The molecule has 10 nitrogen and oxygen atoms in total. The van der Waals surface area contributed by atoms with Crippen molar-refractivity contribution in [3.63, 3.8) is 0 Å². The first kappa shape index (κ1) is 23.4. The first-order valence-electron chi connectivity index (χ1n) is 12.6. The topological polar surface area (TPSA) is 129 Å². The molecule has 1 saturated heterocycles. The second-order valence-corrected chi connectivity index (χ2v) is 9.33. The number of carbonyl (C=O) groups excluding carboxylic acids is 1. The van der Waals surface area contributed by atoms with Crippen molar-refractivity contribution in [1.82, 2.24) is 30.2 Å². The summed E-state index contributed by atoms with van der Waals surface area (Å²) in [6.45, 7) is 2.08. The maximum Gasteiger partial charge on any atom is 0.407 e. The number of nitrogen functional groups attached to an aromatic ring is 1. The van der Waals surface area contributed by atoms with Crippen LogP contribution in [-0.4, -0.2) is 58.0 Å². The van der Waals surface area contributed by atoms with Gasteiger partial charge in [-0.25, -0.2) is 19.7 Å². The smallest absolute Gasteiger partial charge is 0.407 e. The van der Waals surface area contributed by atoms with E-state index in [1.165, 1.54) is 28.6 Å². The van der Waals surface area contributed by atoms with Gasteiger partial charge in [0.05, 0.1) is 12.4 Å². The fraction of sp³-hybridized carbons (Fsp3) is 0.333. The standard InChI is InChI=1S/C27H29N7O3/c28-25-24-26(32-15-31-25)34(16-33-24)23-10-9-17(37-23)13-29-11-12-30-27(35)36-14-22-20-7-3-1-5-18(20)19-6-2-4-8-21(19)22/h1-8,15-17,22-23,29H,9-14H2,(H,30,35)(H2,28,31,32)/t17-,23+/m0/s1. The molecule has 0 spiro atoms.